The number of nitrogens with zero attached hydrogens (tertiary/aromatic N) is 1. The number of hydrogen-bond acceptors (Lipinski definition) is 7. The number of rotatable bonds is 12. The first-order chi connectivity index (χ1) is 20.4. The van der Waals surface area contributed by atoms with E-state index in [1.807, 2.05) is 72.8 Å². The number of aromatic nitrogens is 1. The first-order valence-electron chi connectivity index (χ1n) is 13.7. The first kappa shape index (κ1) is 30.0. The Balaban J connectivity index is 1.50. The lowest BCUT2D eigenvalue weighted by Gasteiger charge is -2.18. The Morgan fingerprint density at radius 3 is 2.05 bits per heavy atom. The van der Waals surface area contributed by atoms with Gasteiger partial charge in [-0.15, -0.1) is 0 Å². The third-order valence-electron chi connectivity index (χ3n) is 6.59. The van der Waals surface area contributed by atoms with Gasteiger partial charge in [0, 0.05) is 31.0 Å². The molecule has 0 radical (unpaired) electrons. The van der Waals surface area contributed by atoms with E-state index >= 15 is 0 Å². The van der Waals surface area contributed by atoms with E-state index in [1.54, 1.807) is 25.3 Å². The standard InChI is InChI=1S/C32H34N4O6/c1-22(34-32(40)42-21-24-12-6-3-7-13-24)30(38)36-19-25(26-14-8-9-15-28(26)36)18-27(35-29(37)16-17-33)31(39)41-20-23-10-4-2-5-11-23/h2-15,19,22,27H,16-18,20-21,33H2,1H3,(H,34,40)(H,35,37)/t22-,27-/m0/s1. The summed E-state index contributed by atoms with van der Waals surface area (Å²) in [4.78, 5) is 51.4. The number of hydrogen-bond donors (Lipinski definition) is 3. The number of nitrogens with one attached hydrogen (secondary N) is 2. The summed E-state index contributed by atoms with van der Waals surface area (Å²) in [6.45, 7) is 1.82. The molecule has 42 heavy (non-hydrogen) atoms. The second-order valence-electron chi connectivity index (χ2n) is 9.76. The molecule has 0 fully saturated rings. The molecule has 0 spiro atoms. The molecule has 1 aromatic heterocycles. The Kier molecular flexibility index (Phi) is 10.4. The summed E-state index contributed by atoms with van der Waals surface area (Å²) in [5, 5.41) is 6.02. The molecule has 218 valence electrons. The fraction of sp³-hybridized carbons (Fsp3) is 0.250. The number of para-hydroxylation sites is 1. The number of benzene rings is 3. The molecule has 4 rings (SSSR count). The lowest BCUT2D eigenvalue weighted by molar-refractivity contribution is -0.149. The van der Waals surface area contributed by atoms with Crippen molar-refractivity contribution in [3.8, 4) is 0 Å². The molecule has 0 aliphatic rings. The van der Waals surface area contributed by atoms with Gasteiger partial charge in [0.2, 0.25) is 5.91 Å². The maximum atomic E-state index is 13.4. The lowest BCUT2D eigenvalue weighted by Crippen LogP contribution is -2.43. The quantitative estimate of drug-likeness (QED) is 0.221. The van der Waals surface area contributed by atoms with Gasteiger partial charge < -0.3 is 25.8 Å². The fourth-order valence-corrected chi connectivity index (χ4v) is 4.45. The van der Waals surface area contributed by atoms with E-state index in [0.717, 1.165) is 16.5 Å². The van der Waals surface area contributed by atoms with Crippen molar-refractivity contribution in [2.24, 2.45) is 5.73 Å². The molecule has 3 aromatic carbocycles. The number of esters is 1. The Labute approximate surface area is 243 Å². The van der Waals surface area contributed by atoms with Crippen molar-refractivity contribution in [1.29, 1.82) is 0 Å². The van der Waals surface area contributed by atoms with Crippen molar-refractivity contribution in [1.82, 2.24) is 15.2 Å². The SMILES string of the molecule is C[C@H](NC(=O)OCc1ccccc1)C(=O)n1cc(C[C@H](NC(=O)CCN)C(=O)OCc2ccccc2)c2ccccc21. The van der Waals surface area contributed by atoms with Gasteiger partial charge in [-0.05, 0) is 29.7 Å². The minimum absolute atomic E-state index is 0.0479. The Morgan fingerprint density at radius 2 is 1.40 bits per heavy atom. The largest absolute Gasteiger partial charge is 0.459 e. The molecule has 0 bridgehead atoms. The van der Waals surface area contributed by atoms with Crippen LogP contribution in [0, 0.1) is 0 Å². The van der Waals surface area contributed by atoms with Crippen molar-refractivity contribution in [2.75, 3.05) is 6.54 Å². The highest BCUT2D eigenvalue weighted by Gasteiger charge is 2.27. The predicted molar refractivity (Wildman–Crippen MR) is 157 cm³/mol. The second kappa shape index (κ2) is 14.6. The highest BCUT2D eigenvalue weighted by Crippen LogP contribution is 2.24. The van der Waals surface area contributed by atoms with E-state index in [2.05, 4.69) is 10.6 Å². The lowest BCUT2D eigenvalue weighted by atomic mass is 10.0. The van der Waals surface area contributed by atoms with Crippen LogP contribution in [0.1, 0.15) is 34.8 Å². The highest BCUT2D eigenvalue weighted by molar-refractivity contribution is 5.98. The summed E-state index contributed by atoms with van der Waals surface area (Å²) in [7, 11) is 0. The molecule has 0 saturated carbocycles. The van der Waals surface area contributed by atoms with Gasteiger partial charge in [-0.25, -0.2) is 9.59 Å². The monoisotopic (exact) mass is 570 g/mol. The van der Waals surface area contributed by atoms with Gasteiger partial charge in [-0.3, -0.25) is 14.2 Å². The van der Waals surface area contributed by atoms with Gasteiger partial charge in [0.15, 0.2) is 0 Å². The zero-order valence-corrected chi connectivity index (χ0v) is 23.3. The molecule has 0 saturated heterocycles. The fourth-order valence-electron chi connectivity index (χ4n) is 4.45. The zero-order chi connectivity index (χ0) is 29.9. The summed E-state index contributed by atoms with van der Waals surface area (Å²) < 4.78 is 12.2. The van der Waals surface area contributed by atoms with Gasteiger partial charge in [-0.1, -0.05) is 78.9 Å². The van der Waals surface area contributed by atoms with Gasteiger partial charge in [-0.2, -0.15) is 0 Å². The normalized spacial score (nSPS) is 12.2. The van der Waals surface area contributed by atoms with E-state index in [4.69, 9.17) is 15.2 Å². The van der Waals surface area contributed by atoms with Crippen LogP contribution in [0.15, 0.2) is 91.1 Å². The molecule has 4 aromatic rings. The van der Waals surface area contributed by atoms with E-state index in [1.165, 1.54) is 4.57 Å². The third kappa shape index (κ3) is 8.05. The summed E-state index contributed by atoms with van der Waals surface area (Å²) in [5.74, 6) is -1.39. The molecule has 4 N–H and O–H groups in total. The predicted octanol–water partition coefficient (Wildman–Crippen LogP) is 3.72. The molecular weight excluding hydrogens is 536 g/mol. The van der Waals surface area contributed by atoms with E-state index in [9.17, 15) is 19.2 Å². The summed E-state index contributed by atoms with van der Waals surface area (Å²) in [6.07, 6.45) is 1.02. The van der Waals surface area contributed by atoms with Crippen LogP contribution in [-0.4, -0.2) is 47.1 Å². The summed E-state index contributed by atoms with van der Waals surface area (Å²) in [6, 6.07) is 23.7. The van der Waals surface area contributed by atoms with Crippen LogP contribution in [0.2, 0.25) is 0 Å². The van der Waals surface area contributed by atoms with Crippen molar-refractivity contribution in [3.63, 3.8) is 0 Å². The third-order valence-corrected chi connectivity index (χ3v) is 6.59. The Hall–Kier alpha value is -4.96. The summed E-state index contributed by atoms with van der Waals surface area (Å²) >= 11 is 0. The van der Waals surface area contributed by atoms with Crippen LogP contribution < -0.4 is 16.4 Å². The number of nitrogens with two attached hydrogens (primary N) is 1. The topological polar surface area (TPSA) is 142 Å². The highest BCUT2D eigenvalue weighted by atomic mass is 16.5. The van der Waals surface area contributed by atoms with E-state index in [-0.39, 0.29) is 38.5 Å². The number of alkyl carbamates (subject to hydrolysis) is 1. The maximum Gasteiger partial charge on any atom is 0.408 e. The average Bonchev–Trinajstić information content (AvgIpc) is 3.37. The molecule has 0 aliphatic carbocycles. The van der Waals surface area contributed by atoms with Crippen LogP contribution in [0.5, 0.6) is 0 Å². The van der Waals surface area contributed by atoms with E-state index in [0.29, 0.717) is 11.1 Å². The molecule has 0 aliphatic heterocycles. The smallest absolute Gasteiger partial charge is 0.408 e. The van der Waals surface area contributed by atoms with Gasteiger partial charge in [0.25, 0.3) is 5.91 Å². The van der Waals surface area contributed by atoms with Crippen LogP contribution in [0.25, 0.3) is 10.9 Å². The van der Waals surface area contributed by atoms with Crippen LogP contribution in [0.4, 0.5) is 4.79 Å². The van der Waals surface area contributed by atoms with Crippen molar-refractivity contribution in [2.45, 2.75) is 45.1 Å². The van der Waals surface area contributed by atoms with Crippen LogP contribution in [-0.2, 0) is 38.7 Å². The molecule has 10 nitrogen and oxygen atoms in total. The molecule has 1 heterocycles. The van der Waals surface area contributed by atoms with E-state index < -0.39 is 30.1 Å². The molecule has 0 unspecified atom stereocenters. The molecule has 10 heteroatoms. The first-order valence-corrected chi connectivity index (χ1v) is 13.7. The van der Waals surface area contributed by atoms with Gasteiger partial charge >= 0.3 is 12.1 Å². The number of carbonyl (C=O) groups excluding carboxylic acids is 4. The average molecular weight is 571 g/mol. The minimum atomic E-state index is -1.01. The van der Waals surface area contributed by atoms with Crippen LogP contribution >= 0.6 is 0 Å². The molecule has 2 amide bonds. The number of carbonyl (C=O) groups is 4. The number of fused-ring (bicyclic) bond motifs is 1. The van der Waals surface area contributed by atoms with Gasteiger partial charge in [0.05, 0.1) is 5.52 Å². The molecule has 2 atom stereocenters. The van der Waals surface area contributed by atoms with Crippen molar-refractivity contribution in [3.05, 3.63) is 108 Å². The maximum absolute atomic E-state index is 13.4. The van der Waals surface area contributed by atoms with Gasteiger partial charge in [0.1, 0.15) is 25.3 Å². The molecular formula is C32H34N4O6. The van der Waals surface area contributed by atoms with Crippen molar-refractivity contribution >= 4 is 34.8 Å². The Morgan fingerprint density at radius 1 is 0.810 bits per heavy atom. The second-order valence-corrected chi connectivity index (χ2v) is 9.76. The van der Waals surface area contributed by atoms with Crippen molar-refractivity contribution < 1.29 is 28.7 Å². The summed E-state index contributed by atoms with van der Waals surface area (Å²) in [5.41, 5.74) is 8.40. The minimum Gasteiger partial charge on any atom is -0.459 e. The van der Waals surface area contributed by atoms with Crippen LogP contribution in [0.3, 0.4) is 0 Å². The number of amides is 2. The Bertz CT molecular complexity index is 1520. The number of ether oxygens (including phenoxy) is 2. The zero-order valence-electron chi connectivity index (χ0n) is 23.3.